The first kappa shape index (κ1) is 16.9. The summed E-state index contributed by atoms with van der Waals surface area (Å²) in [6.45, 7) is 2.54. The van der Waals surface area contributed by atoms with Crippen molar-refractivity contribution in [3.05, 3.63) is 40.3 Å². The van der Waals surface area contributed by atoms with E-state index in [1.807, 2.05) is 34.5 Å². The molecule has 0 bridgehead atoms. The maximum Gasteiger partial charge on any atom is 0.278 e. The Morgan fingerprint density at radius 3 is 2.62 bits per heavy atom. The van der Waals surface area contributed by atoms with Crippen LogP contribution in [0.5, 0.6) is 5.75 Å². The Kier molecular flexibility index (Phi) is 5.16. The van der Waals surface area contributed by atoms with Crippen molar-refractivity contribution in [1.29, 1.82) is 0 Å². The Hall–Kier alpha value is -1.92. The average molecular weight is 346 g/mol. The molecule has 1 aromatic heterocycles. The predicted octanol–water partition coefficient (Wildman–Crippen LogP) is 3.74. The largest absolute Gasteiger partial charge is 0.497 e. The molecule has 6 heteroatoms. The highest BCUT2D eigenvalue weighted by molar-refractivity contribution is 7.09. The molecule has 1 aromatic carbocycles. The normalized spacial score (nSPS) is 15.1. The van der Waals surface area contributed by atoms with Crippen LogP contribution in [-0.2, 0) is 11.3 Å². The van der Waals surface area contributed by atoms with E-state index < -0.39 is 0 Å². The van der Waals surface area contributed by atoms with Gasteiger partial charge in [-0.05, 0) is 49.9 Å². The van der Waals surface area contributed by atoms with Gasteiger partial charge in [0.25, 0.3) is 5.91 Å². The molecule has 0 unspecified atom stereocenters. The van der Waals surface area contributed by atoms with Crippen LogP contribution >= 0.6 is 11.3 Å². The Morgan fingerprint density at radius 2 is 2.04 bits per heavy atom. The van der Waals surface area contributed by atoms with E-state index in [9.17, 15) is 4.79 Å². The van der Waals surface area contributed by atoms with Crippen molar-refractivity contribution in [2.75, 3.05) is 19.1 Å². The van der Waals surface area contributed by atoms with Gasteiger partial charge in [0.1, 0.15) is 16.5 Å². The number of carbonyl (C=O) groups excluding carboxylic acids is 1. The summed E-state index contributed by atoms with van der Waals surface area (Å²) in [6.07, 6.45) is 2.35. The van der Waals surface area contributed by atoms with Crippen molar-refractivity contribution in [1.82, 2.24) is 4.98 Å². The molecule has 2 aromatic rings. The highest BCUT2D eigenvalue weighted by Crippen LogP contribution is 2.38. The first-order valence-electron chi connectivity index (χ1n) is 8.05. The summed E-state index contributed by atoms with van der Waals surface area (Å²) in [5.74, 6) is 1.28. The second-order valence-electron chi connectivity index (χ2n) is 6.01. The molecular formula is C18H22N2O3S. The van der Waals surface area contributed by atoms with E-state index in [0.717, 1.165) is 16.4 Å². The van der Waals surface area contributed by atoms with Gasteiger partial charge < -0.3 is 14.4 Å². The molecule has 1 saturated carbocycles. The van der Waals surface area contributed by atoms with Gasteiger partial charge in [-0.25, -0.2) is 4.98 Å². The van der Waals surface area contributed by atoms with Gasteiger partial charge in [0.15, 0.2) is 0 Å². The minimum atomic E-state index is -0.0573. The number of anilines is 1. The number of rotatable bonds is 7. The Labute approximate surface area is 146 Å². The summed E-state index contributed by atoms with van der Waals surface area (Å²) in [4.78, 5) is 19.4. The minimum absolute atomic E-state index is 0.0573. The molecule has 0 spiro atoms. The molecule has 1 atom stereocenters. The number of thiazole rings is 1. The second kappa shape index (κ2) is 7.32. The van der Waals surface area contributed by atoms with E-state index in [1.54, 1.807) is 14.2 Å². The van der Waals surface area contributed by atoms with Crippen LogP contribution in [-0.4, -0.2) is 31.2 Å². The van der Waals surface area contributed by atoms with Gasteiger partial charge in [-0.15, -0.1) is 11.3 Å². The average Bonchev–Trinajstić information content (AvgIpc) is 3.35. The number of carbonyl (C=O) groups is 1. The molecule has 1 heterocycles. The molecule has 3 rings (SSSR count). The summed E-state index contributed by atoms with van der Waals surface area (Å²) in [5, 5.41) is 2.63. The first-order chi connectivity index (χ1) is 11.6. The quantitative estimate of drug-likeness (QED) is 0.766. The maximum absolute atomic E-state index is 13.1. The predicted molar refractivity (Wildman–Crippen MR) is 94.8 cm³/mol. The summed E-state index contributed by atoms with van der Waals surface area (Å²) >= 11 is 1.45. The molecule has 128 valence electrons. The van der Waals surface area contributed by atoms with E-state index in [4.69, 9.17) is 9.47 Å². The Morgan fingerprint density at radius 1 is 1.33 bits per heavy atom. The molecule has 0 aliphatic heterocycles. The molecular weight excluding hydrogens is 324 g/mol. The molecule has 1 amide bonds. The van der Waals surface area contributed by atoms with E-state index in [0.29, 0.717) is 18.2 Å². The van der Waals surface area contributed by atoms with Gasteiger partial charge in [0.2, 0.25) is 0 Å². The monoisotopic (exact) mass is 346 g/mol. The third-order valence-corrected chi connectivity index (χ3v) is 5.14. The highest BCUT2D eigenvalue weighted by atomic mass is 32.1. The van der Waals surface area contributed by atoms with Crippen molar-refractivity contribution in [2.45, 2.75) is 32.4 Å². The maximum atomic E-state index is 13.1. The van der Waals surface area contributed by atoms with E-state index >= 15 is 0 Å². The number of nitrogens with zero attached hydrogens (tertiary/aromatic N) is 2. The second-order valence-corrected chi connectivity index (χ2v) is 6.95. The fourth-order valence-corrected chi connectivity index (χ4v) is 3.53. The molecule has 5 nitrogen and oxygen atoms in total. The van der Waals surface area contributed by atoms with Gasteiger partial charge in [-0.1, -0.05) is 0 Å². The van der Waals surface area contributed by atoms with Crippen molar-refractivity contribution in [3.63, 3.8) is 0 Å². The lowest BCUT2D eigenvalue weighted by Crippen LogP contribution is -2.40. The standard InChI is InChI=1S/C18H22N2O3S/c1-12(13-4-5-13)20(14-6-8-15(23-3)9-7-14)18(21)16-11-24-17(19-16)10-22-2/h6-9,11-13H,4-5,10H2,1-3H3/t12-/m0/s1. The third kappa shape index (κ3) is 3.60. The van der Waals surface area contributed by atoms with Gasteiger partial charge in [0, 0.05) is 24.2 Å². The van der Waals surface area contributed by atoms with Gasteiger partial charge in [-0.3, -0.25) is 4.79 Å². The summed E-state index contributed by atoms with van der Waals surface area (Å²) < 4.78 is 10.3. The SMILES string of the molecule is COCc1nc(C(=O)N(c2ccc(OC)cc2)[C@@H](C)C2CC2)cs1. The molecule has 24 heavy (non-hydrogen) atoms. The van der Waals surface area contributed by atoms with Crippen LogP contribution in [0.3, 0.4) is 0 Å². The lowest BCUT2D eigenvalue weighted by atomic mass is 10.1. The lowest BCUT2D eigenvalue weighted by Gasteiger charge is -2.29. The number of benzene rings is 1. The number of ether oxygens (including phenoxy) is 2. The first-order valence-corrected chi connectivity index (χ1v) is 8.93. The van der Waals surface area contributed by atoms with E-state index in [-0.39, 0.29) is 11.9 Å². The molecule has 1 fully saturated rings. The van der Waals surface area contributed by atoms with Crippen molar-refractivity contribution >= 4 is 22.9 Å². The molecule has 1 aliphatic carbocycles. The van der Waals surface area contributed by atoms with Gasteiger partial charge in [-0.2, -0.15) is 0 Å². The fraction of sp³-hybridized carbons (Fsp3) is 0.444. The number of amides is 1. The van der Waals surface area contributed by atoms with Crippen LogP contribution in [0.25, 0.3) is 0 Å². The molecule has 0 radical (unpaired) electrons. The fourth-order valence-electron chi connectivity index (χ4n) is 2.79. The minimum Gasteiger partial charge on any atom is -0.497 e. The molecule has 0 N–H and O–H groups in total. The number of aromatic nitrogens is 1. The summed E-state index contributed by atoms with van der Waals surface area (Å²) in [7, 11) is 3.26. The zero-order valence-electron chi connectivity index (χ0n) is 14.2. The smallest absolute Gasteiger partial charge is 0.278 e. The van der Waals surface area contributed by atoms with Crippen LogP contribution in [0.4, 0.5) is 5.69 Å². The van der Waals surface area contributed by atoms with Crippen LogP contribution in [0.15, 0.2) is 29.6 Å². The Balaban J connectivity index is 1.89. The Bertz CT molecular complexity index is 695. The van der Waals surface area contributed by atoms with Crippen LogP contribution in [0, 0.1) is 5.92 Å². The summed E-state index contributed by atoms with van der Waals surface area (Å²) in [6, 6.07) is 7.77. The van der Waals surface area contributed by atoms with Crippen LogP contribution < -0.4 is 9.64 Å². The topological polar surface area (TPSA) is 51.7 Å². The van der Waals surface area contributed by atoms with Gasteiger partial charge >= 0.3 is 0 Å². The summed E-state index contributed by atoms with van der Waals surface area (Å²) in [5.41, 5.74) is 1.36. The highest BCUT2D eigenvalue weighted by Gasteiger charge is 2.36. The molecule has 0 saturated heterocycles. The van der Waals surface area contributed by atoms with Crippen molar-refractivity contribution in [3.8, 4) is 5.75 Å². The van der Waals surface area contributed by atoms with Gasteiger partial charge in [0.05, 0.1) is 13.7 Å². The third-order valence-electron chi connectivity index (χ3n) is 4.32. The van der Waals surface area contributed by atoms with Crippen LogP contribution in [0.2, 0.25) is 0 Å². The van der Waals surface area contributed by atoms with Crippen molar-refractivity contribution < 1.29 is 14.3 Å². The van der Waals surface area contributed by atoms with Crippen molar-refractivity contribution in [2.24, 2.45) is 5.92 Å². The molecule has 1 aliphatic rings. The number of hydrogen-bond donors (Lipinski definition) is 0. The van der Waals surface area contributed by atoms with E-state index in [1.165, 1.54) is 24.2 Å². The number of hydrogen-bond acceptors (Lipinski definition) is 5. The van der Waals surface area contributed by atoms with E-state index in [2.05, 4.69) is 11.9 Å². The zero-order valence-corrected chi connectivity index (χ0v) is 15.0. The lowest BCUT2D eigenvalue weighted by molar-refractivity contribution is 0.0971. The zero-order chi connectivity index (χ0) is 17.1. The number of methoxy groups -OCH3 is 2. The van der Waals surface area contributed by atoms with Crippen LogP contribution in [0.1, 0.15) is 35.3 Å².